The van der Waals surface area contributed by atoms with Crippen molar-refractivity contribution in [3.8, 4) is 0 Å². The first kappa shape index (κ1) is 39.2. The van der Waals surface area contributed by atoms with E-state index in [1.54, 1.807) is 30.3 Å². The molecule has 0 radical (unpaired) electrons. The molecule has 48 heavy (non-hydrogen) atoms. The van der Waals surface area contributed by atoms with Crippen molar-refractivity contribution in [3.05, 3.63) is 64.7 Å². The lowest BCUT2D eigenvalue weighted by molar-refractivity contribution is -0.136. The molecular formula is C34H43I2N5O7. The van der Waals surface area contributed by atoms with E-state index in [1.165, 1.54) is 0 Å². The first-order valence-electron chi connectivity index (χ1n) is 16.0. The third-order valence-electron chi connectivity index (χ3n) is 7.72. The number of unbranched alkanes of at least 4 members (excludes halogenated alkanes) is 5. The van der Waals surface area contributed by atoms with Gasteiger partial charge in [-0.25, -0.2) is 4.79 Å². The number of carbonyl (C=O) groups is 6. The number of amides is 6. The van der Waals surface area contributed by atoms with E-state index in [0.717, 1.165) is 49.0 Å². The summed E-state index contributed by atoms with van der Waals surface area (Å²) >= 11 is 4.24. The number of carbonyl (C=O) groups excluding carboxylic acids is 6. The molecule has 4 N–H and O–H groups in total. The second-order valence-corrected chi connectivity index (χ2v) is 12.5. The van der Waals surface area contributed by atoms with E-state index >= 15 is 0 Å². The maximum Gasteiger partial charge on any atom is 0.407 e. The number of fused-ring (bicyclic) bond motifs is 1. The third kappa shape index (κ3) is 11.4. The molecule has 1 unspecified atom stereocenters. The van der Waals surface area contributed by atoms with Crippen molar-refractivity contribution in [2.75, 3.05) is 18.4 Å². The summed E-state index contributed by atoms with van der Waals surface area (Å²) in [5.74, 6) is -2.35. The molecule has 0 aromatic heterocycles. The van der Waals surface area contributed by atoms with Gasteiger partial charge in [-0.05, 0) is 69.9 Å². The van der Waals surface area contributed by atoms with Gasteiger partial charge in [0.2, 0.25) is 11.8 Å². The van der Waals surface area contributed by atoms with E-state index in [9.17, 15) is 28.8 Å². The first-order chi connectivity index (χ1) is 22.9. The van der Waals surface area contributed by atoms with Crippen LogP contribution in [0.5, 0.6) is 0 Å². The number of nitrogens with one attached hydrogen (secondary N) is 4. The highest BCUT2D eigenvalue weighted by Gasteiger charge is 2.45. The van der Waals surface area contributed by atoms with Crippen LogP contribution in [0.1, 0.15) is 109 Å². The van der Waals surface area contributed by atoms with Crippen molar-refractivity contribution in [1.29, 1.82) is 0 Å². The van der Waals surface area contributed by atoms with Crippen LogP contribution in [0.2, 0.25) is 0 Å². The number of hydrogen-bond acceptors (Lipinski definition) is 8. The Hall–Kier alpha value is -3.28. The summed E-state index contributed by atoms with van der Waals surface area (Å²) in [6.45, 7) is 7.03. The van der Waals surface area contributed by atoms with E-state index in [-0.39, 0.29) is 36.0 Å². The lowest BCUT2D eigenvalue weighted by atomic mass is 10.0. The van der Waals surface area contributed by atoms with Gasteiger partial charge in [0.05, 0.1) is 11.1 Å². The molecule has 2 heterocycles. The molecule has 6 amide bonds. The fourth-order valence-corrected chi connectivity index (χ4v) is 5.40. The van der Waals surface area contributed by atoms with Crippen LogP contribution in [0.4, 0.5) is 10.5 Å². The quantitative estimate of drug-likeness (QED) is 0.101. The summed E-state index contributed by atoms with van der Waals surface area (Å²) in [5.41, 5.74) is 1.79. The van der Waals surface area contributed by atoms with Gasteiger partial charge < -0.3 is 20.7 Å². The van der Waals surface area contributed by atoms with Gasteiger partial charge in [0, 0.05) is 74.5 Å². The molecule has 1 atom stereocenters. The molecule has 2 aromatic rings. The average Bonchev–Trinajstić information content (AvgIpc) is 3.30. The van der Waals surface area contributed by atoms with Gasteiger partial charge in [-0.1, -0.05) is 43.9 Å². The molecule has 260 valence electrons. The van der Waals surface area contributed by atoms with Crippen molar-refractivity contribution in [1.82, 2.24) is 20.9 Å². The Balaban J connectivity index is 0.00000307. The predicted molar refractivity (Wildman–Crippen MR) is 199 cm³/mol. The van der Waals surface area contributed by atoms with Gasteiger partial charge >= 0.3 is 6.09 Å². The highest BCUT2D eigenvalue weighted by atomic mass is 128. The Morgan fingerprint density at radius 2 is 1.50 bits per heavy atom. The fraction of sp³-hybridized carbons (Fsp3) is 0.471. The monoisotopic (exact) mass is 887 g/mol. The molecule has 1 fully saturated rings. The smallest absolute Gasteiger partial charge is 0.407 e. The SMILES string of the molecule is CC(C)(C)OC(=O)NCCCCCCCCNC(=O)c1ccc(CNc2cccc3c2C(=O)N(C2CCC(=O)NC2=O)C3=O)cc1.II. The van der Waals surface area contributed by atoms with Crippen molar-refractivity contribution in [2.24, 2.45) is 0 Å². The van der Waals surface area contributed by atoms with Crippen LogP contribution in [0.25, 0.3) is 0 Å². The number of imide groups is 2. The summed E-state index contributed by atoms with van der Waals surface area (Å²) in [4.78, 5) is 75.4. The van der Waals surface area contributed by atoms with E-state index in [2.05, 4.69) is 58.5 Å². The van der Waals surface area contributed by atoms with E-state index < -0.39 is 35.3 Å². The average molecular weight is 888 g/mol. The maximum absolute atomic E-state index is 13.3. The molecular weight excluding hydrogens is 844 g/mol. The molecule has 2 aromatic carbocycles. The van der Waals surface area contributed by atoms with Crippen LogP contribution in [-0.4, -0.2) is 65.3 Å². The summed E-state index contributed by atoms with van der Waals surface area (Å²) < 4.78 is 5.21. The molecule has 2 aliphatic rings. The van der Waals surface area contributed by atoms with Gasteiger partial charge in [-0.2, -0.15) is 0 Å². The maximum atomic E-state index is 13.3. The minimum Gasteiger partial charge on any atom is -0.444 e. The van der Waals surface area contributed by atoms with E-state index in [4.69, 9.17) is 4.74 Å². The highest BCUT2D eigenvalue weighted by molar-refractivity contribution is 15.0. The Morgan fingerprint density at radius 1 is 0.875 bits per heavy atom. The first-order valence-corrected chi connectivity index (χ1v) is 22.3. The van der Waals surface area contributed by atoms with Crippen LogP contribution in [-0.2, 0) is 20.9 Å². The van der Waals surface area contributed by atoms with E-state index in [0.29, 0.717) is 30.9 Å². The second-order valence-electron chi connectivity index (χ2n) is 12.5. The van der Waals surface area contributed by atoms with Crippen LogP contribution in [0.15, 0.2) is 42.5 Å². The number of anilines is 1. The molecule has 4 rings (SSSR count). The van der Waals surface area contributed by atoms with Crippen molar-refractivity contribution < 1.29 is 33.5 Å². The number of rotatable bonds is 14. The highest BCUT2D eigenvalue weighted by Crippen LogP contribution is 2.32. The Labute approximate surface area is 304 Å². The van der Waals surface area contributed by atoms with Crippen molar-refractivity contribution >= 4 is 78.5 Å². The summed E-state index contributed by atoms with van der Waals surface area (Å²) in [5, 5.41) is 11.1. The third-order valence-corrected chi connectivity index (χ3v) is 7.72. The molecule has 0 spiro atoms. The standard InChI is InChI=1S/C34H43N5O7.I2/c1-34(2,3)46-33(45)36-20-9-7-5-4-6-8-19-35-29(41)23-15-13-22(14-16-23)21-37-25-12-10-11-24-28(25)32(44)39(31(24)43)26-17-18-27(40)38-30(26)42;1-2/h10-16,26,37H,4-9,17-21H2,1-3H3,(H,35,41)(H,36,45)(H,38,40,42);. The number of benzene rings is 2. The van der Waals surface area contributed by atoms with Gasteiger partial charge in [-0.3, -0.25) is 34.2 Å². The summed E-state index contributed by atoms with van der Waals surface area (Å²) in [6.07, 6.45) is 5.69. The number of nitrogens with zero attached hydrogens (tertiary/aromatic N) is 1. The molecule has 14 heteroatoms. The van der Waals surface area contributed by atoms with Gasteiger partial charge in [0.25, 0.3) is 17.7 Å². The topological polar surface area (TPSA) is 163 Å². The van der Waals surface area contributed by atoms with Crippen LogP contribution in [0.3, 0.4) is 0 Å². The Morgan fingerprint density at radius 3 is 2.12 bits per heavy atom. The molecule has 0 aliphatic carbocycles. The molecule has 12 nitrogen and oxygen atoms in total. The minimum atomic E-state index is -1.03. The van der Waals surface area contributed by atoms with Crippen molar-refractivity contribution in [3.63, 3.8) is 0 Å². The fourth-order valence-electron chi connectivity index (χ4n) is 5.40. The number of ether oxygens (including phenoxy) is 1. The minimum absolute atomic E-state index is 0.0577. The lowest BCUT2D eigenvalue weighted by Crippen LogP contribution is -2.54. The molecule has 2 aliphatic heterocycles. The number of hydrogen-bond donors (Lipinski definition) is 4. The zero-order valence-electron chi connectivity index (χ0n) is 27.5. The number of piperidine rings is 1. The number of halogens is 2. The zero-order valence-corrected chi connectivity index (χ0v) is 31.8. The molecule has 1 saturated heterocycles. The predicted octanol–water partition coefficient (Wildman–Crippen LogP) is 6.07. The van der Waals surface area contributed by atoms with E-state index in [1.807, 2.05) is 32.9 Å². The van der Waals surface area contributed by atoms with Crippen molar-refractivity contribution in [2.45, 2.75) is 90.3 Å². The zero-order chi connectivity index (χ0) is 35.3. The normalized spacial score (nSPS) is 15.6. The molecule has 0 saturated carbocycles. The Kier molecular flexibility index (Phi) is 15.5. The molecule has 0 bridgehead atoms. The van der Waals surface area contributed by atoms with Crippen LogP contribution in [0, 0.1) is 0 Å². The second kappa shape index (κ2) is 19.0. The lowest BCUT2D eigenvalue weighted by Gasteiger charge is -2.27. The van der Waals surface area contributed by atoms with Gasteiger partial charge in [0.1, 0.15) is 11.6 Å². The van der Waals surface area contributed by atoms with Gasteiger partial charge in [-0.15, -0.1) is 0 Å². The van der Waals surface area contributed by atoms with Crippen LogP contribution < -0.4 is 21.3 Å². The van der Waals surface area contributed by atoms with Gasteiger partial charge in [0.15, 0.2) is 0 Å². The number of alkyl carbamates (subject to hydrolysis) is 1. The van der Waals surface area contributed by atoms with Crippen LogP contribution >= 0.6 is 37.2 Å². The summed E-state index contributed by atoms with van der Waals surface area (Å²) in [6, 6.07) is 11.0. The summed E-state index contributed by atoms with van der Waals surface area (Å²) in [7, 11) is 0. The Bertz CT molecular complexity index is 1480. The largest absolute Gasteiger partial charge is 0.444 e.